The van der Waals surface area contributed by atoms with Crippen molar-refractivity contribution in [3.05, 3.63) is 45.1 Å². The van der Waals surface area contributed by atoms with E-state index in [4.69, 9.17) is 16.3 Å². The van der Waals surface area contributed by atoms with E-state index >= 15 is 0 Å². The number of aryl methyl sites for hydroxylation is 1. The highest BCUT2D eigenvalue weighted by molar-refractivity contribution is 7.14. The number of amides is 1. The number of Topliss-reactive ketones (excluding diaryl/α,β-unsaturated/α-hetero) is 1. The summed E-state index contributed by atoms with van der Waals surface area (Å²) in [5.41, 5.74) is 1.48. The largest absolute Gasteiger partial charge is 0.378 e. The number of nitrogens with one attached hydrogen (secondary N) is 1. The number of thiophene rings is 1. The molecular weight excluding hydrogens is 372 g/mol. The Hall–Kier alpha value is -1.89. The van der Waals surface area contributed by atoms with Crippen LogP contribution in [0.2, 0.25) is 5.02 Å². The molecule has 138 valence electrons. The summed E-state index contributed by atoms with van der Waals surface area (Å²) in [4.78, 5) is 28.4. The number of halogens is 1. The van der Waals surface area contributed by atoms with Gasteiger partial charge in [0.05, 0.1) is 34.5 Å². The summed E-state index contributed by atoms with van der Waals surface area (Å²) in [5.74, 6) is -0.193. The second kappa shape index (κ2) is 8.66. The molecule has 0 spiro atoms. The Bertz CT molecular complexity index is 800. The summed E-state index contributed by atoms with van der Waals surface area (Å²) >= 11 is 7.83. The van der Waals surface area contributed by atoms with E-state index in [9.17, 15) is 9.59 Å². The van der Waals surface area contributed by atoms with E-state index in [-0.39, 0.29) is 24.5 Å². The molecule has 2 aromatic rings. The van der Waals surface area contributed by atoms with Crippen molar-refractivity contribution in [3.8, 4) is 0 Å². The molecule has 0 aliphatic carbocycles. The minimum atomic E-state index is -0.191. The van der Waals surface area contributed by atoms with Crippen molar-refractivity contribution in [2.75, 3.05) is 36.5 Å². The lowest BCUT2D eigenvalue weighted by molar-refractivity contribution is -0.116. The van der Waals surface area contributed by atoms with Crippen LogP contribution in [0.3, 0.4) is 0 Å². The van der Waals surface area contributed by atoms with E-state index < -0.39 is 0 Å². The first-order valence-corrected chi connectivity index (χ1v) is 9.75. The first-order chi connectivity index (χ1) is 12.5. The summed E-state index contributed by atoms with van der Waals surface area (Å²) in [5, 5.41) is 3.50. The molecule has 1 aliphatic heterocycles. The van der Waals surface area contributed by atoms with Gasteiger partial charge >= 0.3 is 0 Å². The Labute approximate surface area is 161 Å². The number of hydrogen-bond acceptors (Lipinski definition) is 5. The van der Waals surface area contributed by atoms with E-state index in [1.165, 1.54) is 11.3 Å². The molecule has 1 aliphatic rings. The van der Waals surface area contributed by atoms with Crippen LogP contribution >= 0.6 is 22.9 Å². The number of nitrogens with zero attached hydrogens (tertiary/aromatic N) is 1. The molecule has 1 aromatic heterocycles. The van der Waals surface area contributed by atoms with Crippen molar-refractivity contribution in [2.24, 2.45) is 0 Å². The predicted octanol–water partition coefficient (Wildman–Crippen LogP) is 4.15. The zero-order valence-corrected chi connectivity index (χ0v) is 16.2. The van der Waals surface area contributed by atoms with Gasteiger partial charge in [-0.2, -0.15) is 0 Å². The van der Waals surface area contributed by atoms with Gasteiger partial charge in [-0.05, 0) is 31.2 Å². The molecule has 26 heavy (non-hydrogen) atoms. The third kappa shape index (κ3) is 4.63. The molecule has 5 nitrogen and oxygen atoms in total. The van der Waals surface area contributed by atoms with Crippen LogP contribution in [-0.2, 0) is 9.53 Å². The minimum Gasteiger partial charge on any atom is -0.378 e. The van der Waals surface area contributed by atoms with Gasteiger partial charge in [-0.25, -0.2) is 0 Å². The normalized spacial score (nSPS) is 14.3. The van der Waals surface area contributed by atoms with Gasteiger partial charge in [-0.1, -0.05) is 17.7 Å². The van der Waals surface area contributed by atoms with Crippen molar-refractivity contribution < 1.29 is 14.3 Å². The number of ether oxygens (including phenoxy) is 1. The van der Waals surface area contributed by atoms with Gasteiger partial charge in [-0.15, -0.1) is 11.3 Å². The fourth-order valence-electron chi connectivity index (χ4n) is 2.87. The molecule has 0 atom stereocenters. The topological polar surface area (TPSA) is 58.6 Å². The van der Waals surface area contributed by atoms with Crippen LogP contribution in [0, 0.1) is 6.92 Å². The molecule has 3 rings (SSSR count). The Morgan fingerprint density at radius 1 is 1.19 bits per heavy atom. The number of para-hydroxylation sites is 1. The second-order valence-electron chi connectivity index (χ2n) is 6.12. The number of morpholine rings is 1. The maximum Gasteiger partial charge on any atom is 0.224 e. The average Bonchev–Trinajstić information content (AvgIpc) is 3.07. The molecule has 1 amide bonds. The van der Waals surface area contributed by atoms with E-state index in [1.807, 2.05) is 37.3 Å². The average molecular weight is 393 g/mol. The highest BCUT2D eigenvalue weighted by Gasteiger charge is 2.19. The molecule has 1 saturated heterocycles. The van der Waals surface area contributed by atoms with Crippen molar-refractivity contribution in [1.29, 1.82) is 0 Å². The number of benzene rings is 1. The quantitative estimate of drug-likeness (QED) is 0.750. The maximum absolute atomic E-state index is 12.4. The van der Waals surface area contributed by atoms with Crippen molar-refractivity contribution in [3.63, 3.8) is 0 Å². The second-order valence-corrected chi connectivity index (χ2v) is 7.81. The van der Waals surface area contributed by atoms with Gasteiger partial charge in [0.15, 0.2) is 5.78 Å². The van der Waals surface area contributed by atoms with E-state index in [0.29, 0.717) is 28.8 Å². The highest BCUT2D eigenvalue weighted by atomic mass is 35.5. The van der Waals surface area contributed by atoms with Crippen molar-refractivity contribution in [2.45, 2.75) is 19.8 Å². The molecular formula is C19H21ClN2O3S. The number of ketones is 1. The predicted molar refractivity (Wildman–Crippen MR) is 106 cm³/mol. The molecule has 1 fully saturated rings. The Morgan fingerprint density at radius 2 is 1.96 bits per heavy atom. The van der Waals surface area contributed by atoms with Crippen LogP contribution in [0.15, 0.2) is 30.3 Å². The van der Waals surface area contributed by atoms with Gasteiger partial charge in [0, 0.05) is 30.8 Å². The zero-order chi connectivity index (χ0) is 18.5. The fraction of sp³-hybridized carbons (Fsp3) is 0.368. The summed E-state index contributed by atoms with van der Waals surface area (Å²) in [7, 11) is 0. The Kier molecular flexibility index (Phi) is 6.29. The molecule has 1 aromatic carbocycles. The van der Waals surface area contributed by atoms with E-state index in [2.05, 4.69) is 10.2 Å². The van der Waals surface area contributed by atoms with Crippen LogP contribution in [0.4, 0.5) is 11.4 Å². The lowest BCUT2D eigenvalue weighted by Crippen LogP contribution is -2.37. The zero-order valence-electron chi connectivity index (χ0n) is 14.6. The third-order valence-corrected chi connectivity index (χ3v) is 5.53. The lowest BCUT2D eigenvalue weighted by atomic mass is 10.1. The van der Waals surface area contributed by atoms with Gasteiger partial charge < -0.3 is 15.0 Å². The minimum absolute atomic E-state index is 0.00209. The molecule has 0 saturated carbocycles. The summed E-state index contributed by atoms with van der Waals surface area (Å²) in [6, 6.07) is 9.18. The number of carbonyl (C=O) groups excluding carboxylic acids is 2. The number of carbonyl (C=O) groups is 2. The lowest BCUT2D eigenvalue weighted by Gasteiger charge is -2.31. The third-order valence-electron chi connectivity index (χ3n) is 4.18. The monoisotopic (exact) mass is 392 g/mol. The Balaban J connectivity index is 1.63. The molecule has 0 unspecified atom stereocenters. The maximum atomic E-state index is 12.4. The standard InChI is InChI=1S/C19H21ClN2O3S/c1-13-5-7-17(26-13)16(23)6-8-18(24)21-15-4-2-3-14(20)19(15)22-9-11-25-12-10-22/h2-5,7H,6,8-12H2,1H3,(H,21,24). The van der Waals surface area contributed by atoms with E-state index in [1.54, 1.807) is 0 Å². The molecule has 2 heterocycles. The molecule has 0 radical (unpaired) electrons. The Morgan fingerprint density at radius 3 is 2.65 bits per heavy atom. The van der Waals surface area contributed by atoms with Crippen molar-refractivity contribution in [1.82, 2.24) is 0 Å². The van der Waals surface area contributed by atoms with Crippen LogP contribution in [-0.4, -0.2) is 38.0 Å². The smallest absolute Gasteiger partial charge is 0.224 e. The highest BCUT2D eigenvalue weighted by Crippen LogP contribution is 2.34. The number of rotatable bonds is 6. The van der Waals surface area contributed by atoms with Gasteiger partial charge in [0.2, 0.25) is 5.91 Å². The van der Waals surface area contributed by atoms with Crippen LogP contribution in [0.1, 0.15) is 27.4 Å². The first kappa shape index (κ1) is 18.9. The number of anilines is 2. The van der Waals surface area contributed by atoms with Crippen molar-refractivity contribution >= 4 is 46.0 Å². The van der Waals surface area contributed by atoms with E-state index in [0.717, 1.165) is 23.7 Å². The number of hydrogen-bond donors (Lipinski definition) is 1. The molecule has 1 N–H and O–H groups in total. The first-order valence-electron chi connectivity index (χ1n) is 8.55. The van der Waals surface area contributed by atoms with Gasteiger partial charge in [-0.3, -0.25) is 9.59 Å². The van der Waals surface area contributed by atoms with Crippen LogP contribution < -0.4 is 10.2 Å². The van der Waals surface area contributed by atoms with Crippen LogP contribution in [0.25, 0.3) is 0 Å². The molecule has 0 bridgehead atoms. The summed E-state index contributed by atoms with van der Waals surface area (Å²) in [6.45, 7) is 4.67. The van der Waals surface area contributed by atoms with Crippen LogP contribution in [0.5, 0.6) is 0 Å². The molecule has 7 heteroatoms. The SMILES string of the molecule is Cc1ccc(C(=O)CCC(=O)Nc2cccc(Cl)c2N2CCOCC2)s1. The summed E-state index contributed by atoms with van der Waals surface area (Å²) < 4.78 is 5.38. The fourth-order valence-corrected chi connectivity index (χ4v) is 4.00. The van der Waals surface area contributed by atoms with Gasteiger partial charge in [0.25, 0.3) is 0 Å². The van der Waals surface area contributed by atoms with Gasteiger partial charge in [0.1, 0.15) is 0 Å². The summed E-state index contributed by atoms with van der Waals surface area (Å²) in [6.07, 6.45) is 0.337.